The number of aliphatic carboxylic acids is 1. The van der Waals surface area contributed by atoms with Gasteiger partial charge in [0.1, 0.15) is 0 Å². The van der Waals surface area contributed by atoms with Gasteiger partial charge in [-0.2, -0.15) is 0 Å². The Morgan fingerprint density at radius 2 is 2.38 bits per heavy atom. The Bertz CT molecular complexity index is 251. The van der Waals surface area contributed by atoms with E-state index in [2.05, 4.69) is 0 Å². The van der Waals surface area contributed by atoms with Crippen molar-refractivity contribution in [1.29, 1.82) is 0 Å². The van der Waals surface area contributed by atoms with Crippen LogP contribution in [-0.2, 0) is 9.53 Å². The lowest BCUT2D eigenvalue weighted by molar-refractivity contribution is -0.138. The van der Waals surface area contributed by atoms with Crippen LogP contribution in [0.2, 0.25) is 0 Å². The summed E-state index contributed by atoms with van der Waals surface area (Å²) in [5, 5.41) is 8.75. The second kappa shape index (κ2) is 3.05. The first kappa shape index (κ1) is 8.60. The van der Waals surface area contributed by atoms with E-state index < -0.39 is 5.97 Å². The Morgan fingerprint density at radius 3 is 2.85 bits per heavy atom. The summed E-state index contributed by atoms with van der Waals surface area (Å²) >= 11 is 0. The molecule has 0 amide bonds. The molecule has 1 aliphatic carbocycles. The molecule has 13 heavy (non-hydrogen) atoms. The van der Waals surface area contributed by atoms with Crippen molar-refractivity contribution in [3.63, 3.8) is 0 Å². The molecule has 1 aliphatic heterocycles. The van der Waals surface area contributed by atoms with Gasteiger partial charge in [-0.3, -0.25) is 4.79 Å². The number of hydrogen-bond acceptors (Lipinski definition) is 2. The topological polar surface area (TPSA) is 46.5 Å². The van der Waals surface area contributed by atoms with Crippen LogP contribution in [0.3, 0.4) is 0 Å². The molecule has 2 aliphatic rings. The molecule has 0 unspecified atom stereocenters. The Hall–Kier alpha value is -0.990. The first-order valence-corrected chi connectivity index (χ1v) is 4.76. The van der Waals surface area contributed by atoms with Gasteiger partial charge in [-0.15, -0.1) is 0 Å². The van der Waals surface area contributed by atoms with Crippen molar-refractivity contribution in [1.82, 2.24) is 0 Å². The third kappa shape index (κ3) is 1.69. The number of rotatable bonds is 3. The first-order chi connectivity index (χ1) is 6.23. The average molecular weight is 182 g/mol. The molecule has 0 spiro atoms. The number of ether oxygens (including phenoxy) is 1. The van der Waals surface area contributed by atoms with Crippen LogP contribution in [0.25, 0.3) is 0 Å². The van der Waals surface area contributed by atoms with E-state index in [0.717, 1.165) is 32.3 Å². The molecule has 0 aromatic carbocycles. The van der Waals surface area contributed by atoms with Crippen LogP contribution < -0.4 is 0 Å². The first-order valence-electron chi connectivity index (χ1n) is 4.76. The van der Waals surface area contributed by atoms with Gasteiger partial charge in [0.25, 0.3) is 0 Å². The monoisotopic (exact) mass is 182 g/mol. The Balaban J connectivity index is 2.05. The van der Waals surface area contributed by atoms with Crippen LogP contribution in [0.1, 0.15) is 32.1 Å². The van der Waals surface area contributed by atoms with Crippen molar-refractivity contribution in [2.24, 2.45) is 5.41 Å². The maximum Gasteiger partial charge on any atom is 0.304 e. The Labute approximate surface area is 77.4 Å². The van der Waals surface area contributed by atoms with Gasteiger partial charge in [0.05, 0.1) is 19.3 Å². The summed E-state index contributed by atoms with van der Waals surface area (Å²) in [7, 11) is 0. The minimum Gasteiger partial charge on any atom is -0.501 e. The van der Waals surface area contributed by atoms with Gasteiger partial charge >= 0.3 is 5.97 Å². The minimum absolute atomic E-state index is 0.0216. The van der Waals surface area contributed by atoms with E-state index in [0.29, 0.717) is 0 Å². The maximum absolute atomic E-state index is 10.6. The summed E-state index contributed by atoms with van der Waals surface area (Å²) in [6, 6.07) is 0. The van der Waals surface area contributed by atoms with Gasteiger partial charge < -0.3 is 9.84 Å². The molecular weight excluding hydrogens is 168 g/mol. The number of carbonyl (C=O) groups is 1. The lowest BCUT2D eigenvalue weighted by atomic mass is 9.89. The SMILES string of the molecule is O=C(O)CC1(C2=COCCC2)CC1. The summed E-state index contributed by atoms with van der Waals surface area (Å²) in [6.07, 6.45) is 6.17. The Morgan fingerprint density at radius 1 is 1.62 bits per heavy atom. The van der Waals surface area contributed by atoms with Crippen LogP contribution in [0.15, 0.2) is 11.8 Å². The summed E-state index contributed by atoms with van der Waals surface area (Å²) in [5.74, 6) is -0.691. The van der Waals surface area contributed by atoms with Crippen LogP contribution >= 0.6 is 0 Å². The van der Waals surface area contributed by atoms with Crippen molar-refractivity contribution in [2.45, 2.75) is 32.1 Å². The predicted octanol–water partition coefficient (Wildman–Crippen LogP) is 1.94. The molecule has 0 aromatic rings. The quantitative estimate of drug-likeness (QED) is 0.725. The van der Waals surface area contributed by atoms with Crippen molar-refractivity contribution >= 4 is 5.97 Å². The maximum atomic E-state index is 10.6. The molecule has 1 heterocycles. The average Bonchev–Trinajstić information content (AvgIpc) is 2.86. The van der Waals surface area contributed by atoms with E-state index >= 15 is 0 Å². The molecule has 1 saturated carbocycles. The van der Waals surface area contributed by atoms with Crippen molar-refractivity contribution in [2.75, 3.05) is 6.61 Å². The van der Waals surface area contributed by atoms with E-state index in [4.69, 9.17) is 9.84 Å². The fraction of sp³-hybridized carbons (Fsp3) is 0.700. The molecule has 0 saturated heterocycles. The zero-order chi connectivity index (χ0) is 9.31. The summed E-state index contributed by atoms with van der Waals surface area (Å²) < 4.78 is 5.24. The molecule has 3 nitrogen and oxygen atoms in total. The van der Waals surface area contributed by atoms with E-state index in [-0.39, 0.29) is 11.8 Å². The van der Waals surface area contributed by atoms with Gasteiger partial charge in [-0.25, -0.2) is 0 Å². The lowest BCUT2D eigenvalue weighted by Crippen LogP contribution is -2.14. The van der Waals surface area contributed by atoms with Crippen molar-refractivity contribution in [3.8, 4) is 0 Å². The normalized spacial score (nSPS) is 24.5. The molecule has 3 heteroatoms. The van der Waals surface area contributed by atoms with Crippen LogP contribution in [-0.4, -0.2) is 17.7 Å². The fourth-order valence-electron chi connectivity index (χ4n) is 2.01. The van der Waals surface area contributed by atoms with Crippen molar-refractivity contribution in [3.05, 3.63) is 11.8 Å². The van der Waals surface area contributed by atoms with Crippen LogP contribution in [0, 0.1) is 5.41 Å². The van der Waals surface area contributed by atoms with E-state index in [9.17, 15) is 4.79 Å². The van der Waals surface area contributed by atoms with Gasteiger partial charge in [0.2, 0.25) is 0 Å². The van der Waals surface area contributed by atoms with Gasteiger partial charge in [0, 0.05) is 5.41 Å². The summed E-state index contributed by atoms with van der Waals surface area (Å²) in [6.45, 7) is 0.784. The third-order valence-electron chi connectivity index (χ3n) is 2.96. The lowest BCUT2D eigenvalue weighted by Gasteiger charge is -2.20. The minimum atomic E-state index is -0.691. The standard InChI is InChI=1S/C10H14O3/c11-9(12)6-10(3-4-10)8-2-1-5-13-7-8/h7H,1-6H2,(H,11,12). The van der Waals surface area contributed by atoms with Crippen molar-refractivity contribution < 1.29 is 14.6 Å². The van der Waals surface area contributed by atoms with Gasteiger partial charge in [0.15, 0.2) is 0 Å². The second-order valence-corrected chi connectivity index (χ2v) is 3.97. The predicted molar refractivity (Wildman–Crippen MR) is 47.2 cm³/mol. The van der Waals surface area contributed by atoms with Gasteiger partial charge in [-0.1, -0.05) is 0 Å². The number of carboxylic acid groups (broad SMARTS) is 1. The summed E-state index contributed by atoms with van der Waals surface area (Å²) in [4.78, 5) is 10.6. The van der Waals surface area contributed by atoms with Gasteiger partial charge in [-0.05, 0) is 31.3 Å². The Kier molecular flexibility index (Phi) is 2.02. The highest BCUT2D eigenvalue weighted by Crippen LogP contribution is 2.56. The van der Waals surface area contributed by atoms with E-state index in [1.165, 1.54) is 5.57 Å². The molecule has 0 bridgehead atoms. The number of hydrogen-bond donors (Lipinski definition) is 1. The zero-order valence-electron chi connectivity index (χ0n) is 7.58. The van der Waals surface area contributed by atoms with Crippen LogP contribution in [0.5, 0.6) is 0 Å². The highest BCUT2D eigenvalue weighted by molar-refractivity contribution is 5.69. The largest absolute Gasteiger partial charge is 0.501 e. The molecule has 0 aromatic heterocycles. The summed E-state index contributed by atoms with van der Waals surface area (Å²) in [5.41, 5.74) is 1.20. The second-order valence-electron chi connectivity index (χ2n) is 3.97. The highest BCUT2D eigenvalue weighted by atomic mass is 16.5. The zero-order valence-corrected chi connectivity index (χ0v) is 7.58. The molecule has 2 rings (SSSR count). The van der Waals surface area contributed by atoms with E-state index in [1.54, 1.807) is 6.26 Å². The fourth-order valence-corrected chi connectivity index (χ4v) is 2.01. The number of carboxylic acids is 1. The molecule has 72 valence electrons. The molecule has 0 radical (unpaired) electrons. The molecular formula is C10H14O3. The highest BCUT2D eigenvalue weighted by Gasteiger charge is 2.47. The molecule has 1 N–H and O–H groups in total. The third-order valence-corrected chi connectivity index (χ3v) is 2.96. The van der Waals surface area contributed by atoms with E-state index in [1.807, 2.05) is 0 Å². The smallest absolute Gasteiger partial charge is 0.304 e. The molecule has 0 atom stereocenters. The number of allylic oxidation sites excluding steroid dienone is 1. The van der Waals surface area contributed by atoms with Crippen LogP contribution in [0.4, 0.5) is 0 Å². The molecule has 1 fully saturated rings.